The van der Waals surface area contributed by atoms with Gasteiger partial charge in [-0.15, -0.1) is 5.10 Å². The monoisotopic (exact) mass is 352 g/mol. The number of nitrogens with one attached hydrogen (secondary N) is 2. The molecule has 1 saturated carbocycles. The standard InChI is InChI=1S/C17H20N8O/c1-11-21-22-23-25(11)14-7-5-13(6-8-14)19-17(26)20-15(12-3-4-12)16-18-9-10-24(16)2/h5-10,12,15H,3-4H2,1-2H3,(H2,19,20,26)/t15-/m0/s1. The molecule has 0 saturated heterocycles. The third-order valence-corrected chi connectivity index (χ3v) is 4.51. The van der Waals surface area contributed by atoms with Gasteiger partial charge in [0.05, 0.1) is 11.7 Å². The van der Waals surface area contributed by atoms with Gasteiger partial charge in [-0.1, -0.05) is 0 Å². The number of anilines is 1. The zero-order chi connectivity index (χ0) is 18.1. The molecule has 9 nitrogen and oxygen atoms in total. The maximum absolute atomic E-state index is 12.4. The molecule has 9 heteroatoms. The normalized spacial score (nSPS) is 14.8. The molecule has 2 aromatic heterocycles. The van der Waals surface area contributed by atoms with Gasteiger partial charge in [0.1, 0.15) is 5.82 Å². The molecule has 1 fully saturated rings. The van der Waals surface area contributed by atoms with Gasteiger partial charge < -0.3 is 15.2 Å². The number of imidazole rings is 1. The van der Waals surface area contributed by atoms with E-state index in [1.807, 2.05) is 49.0 Å². The lowest BCUT2D eigenvalue weighted by Crippen LogP contribution is -2.35. The average molecular weight is 352 g/mol. The van der Waals surface area contributed by atoms with Gasteiger partial charge in [0.25, 0.3) is 0 Å². The molecule has 2 N–H and O–H groups in total. The number of urea groups is 1. The van der Waals surface area contributed by atoms with E-state index in [2.05, 4.69) is 31.1 Å². The van der Waals surface area contributed by atoms with Gasteiger partial charge >= 0.3 is 6.03 Å². The number of hydrogen-bond donors (Lipinski definition) is 2. The van der Waals surface area contributed by atoms with Crippen LogP contribution in [0.5, 0.6) is 0 Å². The molecular formula is C17H20N8O. The highest BCUT2D eigenvalue weighted by molar-refractivity contribution is 5.89. The van der Waals surface area contributed by atoms with Crippen molar-refractivity contribution in [3.05, 3.63) is 48.3 Å². The number of amides is 2. The molecule has 0 radical (unpaired) electrons. The molecule has 1 aliphatic carbocycles. The van der Waals surface area contributed by atoms with Crippen molar-refractivity contribution in [2.75, 3.05) is 5.32 Å². The Kier molecular flexibility index (Phi) is 4.11. The molecule has 1 aromatic carbocycles. The van der Waals surface area contributed by atoms with Crippen LogP contribution in [-0.2, 0) is 7.05 Å². The fraction of sp³-hybridized carbons (Fsp3) is 0.353. The van der Waals surface area contributed by atoms with E-state index >= 15 is 0 Å². The van der Waals surface area contributed by atoms with Gasteiger partial charge in [-0.3, -0.25) is 0 Å². The van der Waals surface area contributed by atoms with E-state index < -0.39 is 0 Å². The van der Waals surface area contributed by atoms with Crippen LogP contribution in [0, 0.1) is 12.8 Å². The zero-order valence-corrected chi connectivity index (χ0v) is 14.6. The SMILES string of the molecule is Cc1nnnn1-c1ccc(NC(=O)N[C@H](c2nccn2C)C2CC2)cc1. The maximum atomic E-state index is 12.4. The summed E-state index contributed by atoms with van der Waals surface area (Å²) in [6.45, 7) is 1.83. The van der Waals surface area contributed by atoms with Crippen molar-refractivity contribution in [3.8, 4) is 5.69 Å². The summed E-state index contributed by atoms with van der Waals surface area (Å²) in [5, 5.41) is 17.3. The Hall–Kier alpha value is -3.23. The van der Waals surface area contributed by atoms with Crippen LogP contribution < -0.4 is 10.6 Å². The molecule has 1 aliphatic rings. The van der Waals surface area contributed by atoms with E-state index in [0.717, 1.165) is 24.4 Å². The van der Waals surface area contributed by atoms with Gasteiger partial charge in [-0.25, -0.2) is 9.78 Å². The lowest BCUT2D eigenvalue weighted by molar-refractivity contribution is 0.246. The molecule has 2 heterocycles. The first kappa shape index (κ1) is 16.2. The van der Waals surface area contributed by atoms with E-state index in [1.165, 1.54) is 0 Å². The van der Waals surface area contributed by atoms with Gasteiger partial charge in [0.2, 0.25) is 0 Å². The first-order valence-electron chi connectivity index (χ1n) is 8.52. The summed E-state index contributed by atoms with van der Waals surface area (Å²) in [6.07, 6.45) is 5.86. The van der Waals surface area contributed by atoms with E-state index in [1.54, 1.807) is 10.9 Å². The van der Waals surface area contributed by atoms with Crippen LogP contribution in [0.3, 0.4) is 0 Å². The predicted molar refractivity (Wildman–Crippen MR) is 94.7 cm³/mol. The zero-order valence-electron chi connectivity index (χ0n) is 14.6. The second kappa shape index (κ2) is 6.58. The van der Waals surface area contributed by atoms with Crippen LogP contribution in [0.2, 0.25) is 0 Å². The first-order valence-corrected chi connectivity index (χ1v) is 8.52. The first-order chi connectivity index (χ1) is 12.6. The molecule has 3 aromatic rings. The third-order valence-electron chi connectivity index (χ3n) is 4.51. The van der Waals surface area contributed by atoms with E-state index in [4.69, 9.17) is 0 Å². The molecule has 134 valence electrons. The number of aromatic nitrogens is 6. The second-order valence-electron chi connectivity index (χ2n) is 6.49. The van der Waals surface area contributed by atoms with Crippen molar-refractivity contribution in [3.63, 3.8) is 0 Å². The average Bonchev–Trinajstić information content (AvgIpc) is 3.25. The van der Waals surface area contributed by atoms with E-state index in [9.17, 15) is 4.79 Å². The summed E-state index contributed by atoms with van der Waals surface area (Å²) >= 11 is 0. The quantitative estimate of drug-likeness (QED) is 0.731. The summed E-state index contributed by atoms with van der Waals surface area (Å²) in [5.41, 5.74) is 1.54. The van der Waals surface area contributed by atoms with Crippen molar-refractivity contribution < 1.29 is 4.79 Å². The Morgan fingerprint density at radius 3 is 2.62 bits per heavy atom. The van der Waals surface area contributed by atoms with Gasteiger partial charge in [-0.2, -0.15) is 4.68 Å². The van der Waals surface area contributed by atoms with Crippen molar-refractivity contribution in [1.82, 2.24) is 35.1 Å². The number of hydrogen-bond acceptors (Lipinski definition) is 5. The highest BCUT2D eigenvalue weighted by Crippen LogP contribution is 2.40. The Balaban J connectivity index is 1.43. The van der Waals surface area contributed by atoms with Crippen molar-refractivity contribution >= 4 is 11.7 Å². The summed E-state index contributed by atoms with van der Waals surface area (Å²) in [5.74, 6) is 2.03. The summed E-state index contributed by atoms with van der Waals surface area (Å²) in [4.78, 5) is 16.8. The number of tetrazole rings is 1. The van der Waals surface area contributed by atoms with Crippen LogP contribution in [0.1, 0.15) is 30.5 Å². The lowest BCUT2D eigenvalue weighted by Gasteiger charge is -2.18. The van der Waals surface area contributed by atoms with Crippen molar-refractivity contribution in [2.24, 2.45) is 13.0 Å². The van der Waals surface area contributed by atoms with Gasteiger partial charge in [0.15, 0.2) is 5.82 Å². The summed E-state index contributed by atoms with van der Waals surface area (Å²) in [7, 11) is 1.94. The molecule has 0 aliphatic heterocycles. The molecule has 0 unspecified atom stereocenters. The maximum Gasteiger partial charge on any atom is 0.319 e. The molecule has 1 atom stereocenters. The fourth-order valence-electron chi connectivity index (χ4n) is 2.96. The number of rotatable bonds is 5. The van der Waals surface area contributed by atoms with Crippen LogP contribution in [0.25, 0.3) is 5.69 Å². The molecule has 26 heavy (non-hydrogen) atoms. The predicted octanol–water partition coefficient (Wildman–Crippen LogP) is 1.98. The topological polar surface area (TPSA) is 103 Å². The molecule has 0 spiro atoms. The lowest BCUT2D eigenvalue weighted by atomic mass is 10.1. The Morgan fingerprint density at radius 2 is 2.04 bits per heavy atom. The molecule has 0 bridgehead atoms. The minimum atomic E-state index is -0.240. The minimum absolute atomic E-state index is 0.0712. The van der Waals surface area contributed by atoms with E-state index in [-0.39, 0.29) is 12.1 Å². The Labute approximate surface area is 150 Å². The molecule has 2 amide bonds. The van der Waals surface area contributed by atoms with Gasteiger partial charge in [-0.05, 0) is 60.4 Å². The van der Waals surface area contributed by atoms with Gasteiger partial charge in [0, 0.05) is 25.1 Å². The Morgan fingerprint density at radius 1 is 1.27 bits per heavy atom. The van der Waals surface area contributed by atoms with Crippen LogP contribution in [0.15, 0.2) is 36.7 Å². The second-order valence-corrected chi connectivity index (χ2v) is 6.49. The number of nitrogens with zero attached hydrogens (tertiary/aromatic N) is 6. The fourth-order valence-corrected chi connectivity index (χ4v) is 2.96. The number of benzene rings is 1. The third kappa shape index (κ3) is 3.28. The Bertz CT molecular complexity index is 909. The van der Waals surface area contributed by atoms with Crippen LogP contribution in [-0.4, -0.2) is 35.8 Å². The number of carbonyl (C=O) groups excluding carboxylic acids is 1. The van der Waals surface area contributed by atoms with Crippen molar-refractivity contribution in [2.45, 2.75) is 25.8 Å². The number of carbonyl (C=O) groups is 1. The summed E-state index contributed by atoms with van der Waals surface area (Å²) in [6, 6.07) is 7.05. The highest BCUT2D eigenvalue weighted by Gasteiger charge is 2.35. The smallest absolute Gasteiger partial charge is 0.319 e. The largest absolute Gasteiger partial charge is 0.336 e. The molecular weight excluding hydrogens is 332 g/mol. The van der Waals surface area contributed by atoms with Crippen LogP contribution in [0.4, 0.5) is 10.5 Å². The van der Waals surface area contributed by atoms with Crippen LogP contribution >= 0.6 is 0 Å². The summed E-state index contributed by atoms with van der Waals surface area (Å²) < 4.78 is 3.58. The van der Waals surface area contributed by atoms with E-state index in [0.29, 0.717) is 17.4 Å². The van der Waals surface area contributed by atoms with Crippen molar-refractivity contribution in [1.29, 1.82) is 0 Å². The highest BCUT2D eigenvalue weighted by atomic mass is 16.2. The molecule has 4 rings (SSSR count). The minimum Gasteiger partial charge on any atom is -0.336 e. The number of aryl methyl sites for hydroxylation is 2.